The van der Waals surface area contributed by atoms with Crippen LogP contribution in [0.5, 0.6) is 0 Å². The van der Waals surface area contributed by atoms with Gasteiger partial charge in [0.05, 0.1) is 0 Å². The zero-order valence-electron chi connectivity index (χ0n) is 8.28. The zero-order chi connectivity index (χ0) is 10.7. The highest BCUT2D eigenvalue weighted by Gasteiger charge is 2.07. The fourth-order valence-corrected chi connectivity index (χ4v) is 1.15. The Labute approximate surface area is 81.3 Å². The van der Waals surface area contributed by atoms with Gasteiger partial charge in [0.2, 0.25) is 0 Å². The van der Waals surface area contributed by atoms with Gasteiger partial charge in [-0.15, -0.1) is 0 Å². The van der Waals surface area contributed by atoms with Crippen molar-refractivity contribution in [2.24, 2.45) is 0 Å². The van der Waals surface area contributed by atoms with E-state index in [0.717, 1.165) is 0 Å². The summed E-state index contributed by atoms with van der Waals surface area (Å²) < 4.78 is 1.68. The van der Waals surface area contributed by atoms with Gasteiger partial charge in [-0.2, -0.15) is 0 Å². The van der Waals surface area contributed by atoms with Crippen LogP contribution in [0.3, 0.4) is 0 Å². The minimum Gasteiger partial charge on any atom is -0.481 e. The molecule has 0 saturated carbocycles. The first-order valence-electron chi connectivity index (χ1n) is 4.52. The van der Waals surface area contributed by atoms with E-state index in [2.05, 4.69) is 5.10 Å². The van der Waals surface area contributed by atoms with Crippen LogP contribution in [0.2, 0.25) is 0 Å². The second-order valence-electron chi connectivity index (χ2n) is 3.49. The van der Waals surface area contributed by atoms with E-state index in [0.29, 0.717) is 5.56 Å². The van der Waals surface area contributed by atoms with Crippen LogP contribution in [0, 0.1) is 0 Å². The van der Waals surface area contributed by atoms with Crippen LogP contribution < -0.4 is 5.56 Å². The lowest BCUT2D eigenvalue weighted by atomic mass is 10.2. The van der Waals surface area contributed by atoms with Crippen molar-refractivity contribution in [1.82, 2.24) is 9.78 Å². The van der Waals surface area contributed by atoms with Crippen molar-refractivity contribution in [1.29, 1.82) is 0 Å². The molecule has 2 N–H and O–H groups in total. The van der Waals surface area contributed by atoms with Crippen LogP contribution in [0.4, 0.5) is 0 Å². The Bertz CT molecular complexity index is 376. The van der Waals surface area contributed by atoms with Gasteiger partial charge in [0.1, 0.15) is 0 Å². The number of carboxylic acids is 1. The number of hydrogen-bond donors (Lipinski definition) is 2. The molecule has 0 unspecified atom stereocenters. The lowest BCUT2D eigenvalue weighted by Crippen LogP contribution is -2.10. The summed E-state index contributed by atoms with van der Waals surface area (Å²) in [6.45, 7) is 3.88. The smallest absolute Gasteiger partial charge is 0.303 e. The maximum atomic E-state index is 11.3. The third-order valence-corrected chi connectivity index (χ3v) is 1.98. The minimum absolute atomic E-state index is 0.00874. The molecule has 78 valence electrons. The molecule has 0 radical (unpaired) electrons. The van der Waals surface area contributed by atoms with E-state index in [1.54, 1.807) is 10.9 Å². The topological polar surface area (TPSA) is 75.1 Å². The predicted octanol–water partition coefficient (Wildman–Crippen LogP) is 0.774. The van der Waals surface area contributed by atoms with Gasteiger partial charge in [-0.3, -0.25) is 19.4 Å². The van der Waals surface area contributed by atoms with Crippen LogP contribution in [0.25, 0.3) is 0 Å². The number of nitrogens with zero attached hydrogens (tertiary/aromatic N) is 1. The van der Waals surface area contributed by atoms with Gasteiger partial charge in [-0.25, -0.2) is 0 Å². The number of aromatic amines is 1. The van der Waals surface area contributed by atoms with Gasteiger partial charge in [0.25, 0.3) is 5.56 Å². The van der Waals surface area contributed by atoms with E-state index in [4.69, 9.17) is 5.11 Å². The van der Waals surface area contributed by atoms with E-state index in [1.165, 1.54) is 0 Å². The second kappa shape index (κ2) is 4.13. The lowest BCUT2D eigenvalue weighted by molar-refractivity contribution is -0.136. The number of carbonyl (C=O) groups is 1. The lowest BCUT2D eigenvalue weighted by Gasteiger charge is -2.03. The summed E-state index contributed by atoms with van der Waals surface area (Å²) in [4.78, 5) is 21.6. The zero-order valence-corrected chi connectivity index (χ0v) is 8.28. The van der Waals surface area contributed by atoms with E-state index < -0.39 is 5.97 Å². The highest BCUT2D eigenvalue weighted by Crippen LogP contribution is 2.03. The number of aryl methyl sites for hydroxylation is 1. The molecule has 5 heteroatoms. The molecule has 0 atom stereocenters. The number of hydrogen-bond acceptors (Lipinski definition) is 2. The molecule has 0 fully saturated rings. The van der Waals surface area contributed by atoms with Crippen LogP contribution in [0.1, 0.15) is 31.9 Å². The first-order chi connectivity index (χ1) is 6.50. The molecule has 0 saturated heterocycles. The van der Waals surface area contributed by atoms with Crippen molar-refractivity contribution < 1.29 is 9.90 Å². The average Bonchev–Trinajstić information content (AvgIpc) is 2.43. The Morgan fingerprint density at radius 2 is 2.29 bits per heavy atom. The third-order valence-electron chi connectivity index (χ3n) is 1.98. The molecule has 0 aliphatic carbocycles. The molecule has 1 aromatic rings. The standard InChI is InChI=1S/C9H14N2O3/c1-6(2)11-5-7(9(14)10-11)3-4-8(12)13/h5-6H,3-4H2,1-2H3,(H,10,14)(H,12,13). The first kappa shape index (κ1) is 10.6. The Balaban J connectivity index is 2.78. The summed E-state index contributed by atoms with van der Waals surface area (Å²) in [5, 5.41) is 11.1. The molecular weight excluding hydrogens is 184 g/mol. The molecule has 0 aliphatic rings. The molecule has 5 nitrogen and oxygen atoms in total. The summed E-state index contributed by atoms with van der Waals surface area (Å²) in [5.41, 5.74) is 0.334. The summed E-state index contributed by atoms with van der Waals surface area (Å²) >= 11 is 0. The number of carboxylic acid groups (broad SMARTS) is 1. The van der Waals surface area contributed by atoms with Crippen molar-refractivity contribution in [3.05, 3.63) is 22.1 Å². The number of H-pyrrole nitrogens is 1. The molecule has 0 aromatic carbocycles. The van der Waals surface area contributed by atoms with E-state index in [-0.39, 0.29) is 24.4 Å². The molecule has 14 heavy (non-hydrogen) atoms. The van der Waals surface area contributed by atoms with Crippen LogP contribution in [0.15, 0.2) is 11.0 Å². The van der Waals surface area contributed by atoms with Gasteiger partial charge < -0.3 is 5.11 Å². The van der Waals surface area contributed by atoms with E-state index >= 15 is 0 Å². The van der Waals surface area contributed by atoms with Gasteiger partial charge in [0, 0.05) is 24.2 Å². The molecule has 0 aliphatic heterocycles. The van der Waals surface area contributed by atoms with Gasteiger partial charge in [0.15, 0.2) is 0 Å². The normalized spacial score (nSPS) is 10.8. The molecule has 0 spiro atoms. The molecule has 0 bridgehead atoms. The fraction of sp³-hybridized carbons (Fsp3) is 0.556. The minimum atomic E-state index is -0.887. The number of nitrogens with one attached hydrogen (secondary N) is 1. The van der Waals surface area contributed by atoms with Crippen molar-refractivity contribution in [3.63, 3.8) is 0 Å². The average molecular weight is 198 g/mol. The fourth-order valence-electron chi connectivity index (χ4n) is 1.15. The summed E-state index contributed by atoms with van der Waals surface area (Å²) in [5.74, 6) is -0.887. The summed E-state index contributed by atoms with van der Waals surface area (Å²) in [6, 6.07) is 0.182. The maximum Gasteiger partial charge on any atom is 0.303 e. The monoisotopic (exact) mass is 198 g/mol. The Morgan fingerprint density at radius 3 is 2.71 bits per heavy atom. The number of rotatable bonds is 4. The Morgan fingerprint density at radius 1 is 1.64 bits per heavy atom. The summed E-state index contributed by atoms with van der Waals surface area (Å²) in [7, 11) is 0. The molecular formula is C9H14N2O3. The molecule has 1 heterocycles. The van der Waals surface area contributed by atoms with E-state index in [1.807, 2.05) is 13.8 Å². The quantitative estimate of drug-likeness (QED) is 0.750. The van der Waals surface area contributed by atoms with Crippen molar-refractivity contribution >= 4 is 5.97 Å². The molecule has 1 rings (SSSR count). The third kappa shape index (κ3) is 2.48. The van der Waals surface area contributed by atoms with Crippen LogP contribution in [-0.4, -0.2) is 20.9 Å². The largest absolute Gasteiger partial charge is 0.481 e. The van der Waals surface area contributed by atoms with Gasteiger partial charge in [-0.1, -0.05) is 0 Å². The predicted molar refractivity (Wildman–Crippen MR) is 51.4 cm³/mol. The molecule has 0 amide bonds. The highest BCUT2D eigenvalue weighted by molar-refractivity contribution is 5.67. The Kier molecular flexibility index (Phi) is 3.11. The van der Waals surface area contributed by atoms with E-state index in [9.17, 15) is 9.59 Å². The van der Waals surface area contributed by atoms with Gasteiger partial charge in [-0.05, 0) is 20.3 Å². The SMILES string of the molecule is CC(C)n1cc(CCC(=O)O)c(=O)[nH]1. The number of aromatic nitrogens is 2. The summed E-state index contributed by atoms with van der Waals surface area (Å²) in [6.07, 6.45) is 1.95. The maximum absolute atomic E-state index is 11.3. The van der Waals surface area contributed by atoms with Gasteiger partial charge >= 0.3 is 5.97 Å². The highest BCUT2D eigenvalue weighted by atomic mass is 16.4. The van der Waals surface area contributed by atoms with Crippen molar-refractivity contribution in [2.45, 2.75) is 32.7 Å². The van der Waals surface area contributed by atoms with Crippen LogP contribution in [-0.2, 0) is 11.2 Å². The van der Waals surface area contributed by atoms with Crippen LogP contribution >= 0.6 is 0 Å². The van der Waals surface area contributed by atoms with Crippen molar-refractivity contribution in [2.75, 3.05) is 0 Å². The first-order valence-corrected chi connectivity index (χ1v) is 4.52. The number of aliphatic carboxylic acids is 1. The molecule has 1 aromatic heterocycles. The second-order valence-corrected chi connectivity index (χ2v) is 3.49. The van der Waals surface area contributed by atoms with Crippen molar-refractivity contribution in [3.8, 4) is 0 Å². The Hall–Kier alpha value is -1.52.